The van der Waals surface area contributed by atoms with Crippen LogP contribution in [0.25, 0.3) is 0 Å². The van der Waals surface area contributed by atoms with Crippen LogP contribution in [-0.4, -0.2) is 25.2 Å². The van der Waals surface area contributed by atoms with Crippen LogP contribution in [0, 0.1) is 18.3 Å². The predicted octanol–water partition coefficient (Wildman–Crippen LogP) is 4.22. The highest BCUT2D eigenvalue weighted by Crippen LogP contribution is 2.21. The number of nitrogens with zero attached hydrogens (tertiary/aromatic N) is 2. The van der Waals surface area contributed by atoms with Crippen LogP contribution in [0.4, 0.5) is 21.0 Å². The topological polar surface area (TPSA) is 94.5 Å². The summed E-state index contributed by atoms with van der Waals surface area (Å²) >= 11 is 0. The zero-order valence-electron chi connectivity index (χ0n) is 15.6. The first-order chi connectivity index (χ1) is 13.5. The van der Waals surface area contributed by atoms with E-state index in [2.05, 4.69) is 17.2 Å². The molecule has 0 heterocycles. The molecule has 7 nitrogen and oxygen atoms in total. The largest absolute Gasteiger partial charge is 0.419 e. The summed E-state index contributed by atoms with van der Waals surface area (Å²) < 4.78 is 5.46. The number of ether oxygens (including phenoxy) is 1. The number of carbonyl (C=O) groups is 2. The van der Waals surface area contributed by atoms with Crippen LogP contribution in [0.2, 0.25) is 0 Å². The molecule has 3 amide bonds. The van der Waals surface area contributed by atoms with Crippen molar-refractivity contribution in [3.63, 3.8) is 0 Å². The number of rotatable bonds is 7. The Morgan fingerprint density at radius 1 is 1.25 bits per heavy atom. The fraction of sp³-hybridized carbons (Fsp3) is 0.190. The highest BCUT2D eigenvalue weighted by molar-refractivity contribution is 5.91. The standard InChI is InChI=1S/C21H22N4O3/c1-3-12-23-20(26)24-17-8-5-10-19(15-17)28-21(27)25(13-6-11-22)18-9-4-7-16(2)14-18/h3-5,7-10,14-15H,1,6,12-13H2,2H3,(H2,23,24,26). The van der Waals surface area contributed by atoms with E-state index in [1.807, 2.05) is 31.2 Å². The number of carbonyl (C=O) groups excluding carboxylic acids is 2. The first kappa shape index (κ1) is 20.5. The van der Waals surface area contributed by atoms with Gasteiger partial charge in [0.05, 0.1) is 12.5 Å². The van der Waals surface area contributed by atoms with Crippen LogP contribution in [0.15, 0.2) is 61.2 Å². The second-order valence-corrected chi connectivity index (χ2v) is 5.92. The Hall–Kier alpha value is -3.79. The maximum atomic E-state index is 12.7. The molecule has 7 heteroatoms. The number of hydrogen-bond acceptors (Lipinski definition) is 4. The minimum absolute atomic E-state index is 0.175. The van der Waals surface area contributed by atoms with Crippen LogP contribution in [-0.2, 0) is 0 Å². The Balaban J connectivity index is 2.12. The van der Waals surface area contributed by atoms with Crippen LogP contribution in [0.5, 0.6) is 5.75 Å². The number of hydrogen-bond donors (Lipinski definition) is 2. The van der Waals surface area contributed by atoms with E-state index in [0.717, 1.165) is 5.56 Å². The zero-order valence-corrected chi connectivity index (χ0v) is 15.6. The maximum Gasteiger partial charge on any atom is 0.419 e. The molecule has 28 heavy (non-hydrogen) atoms. The maximum absolute atomic E-state index is 12.7. The van der Waals surface area contributed by atoms with E-state index in [4.69, 9.17) is 10.00 Å². The van der Waals surface area contributed by atoms with Gasteiger partial charge in [0.25, 0.3) is 0 Å². The Morgan fingerprint density at radius 3 is 2.75 bits per heavy atom. The first-order valence-electron chi connectivity index (χ1n) is 8.72. The second kappa shape index (κ2) is 10.4. The highest BCUT2D eigenvalue weighted by Gasteiger charge is 2.18. The van der Waals surface area contributed by atoms with Crippen LogP contribution < -0.4 is 20.3 Å². The molecule has 0 aliphatic carbocycles. The molecule has 0 saturated carbocycles. The molecule has 0 atom stereocenters. The Bertz CT molecular complexity index is 889. The molecule has 0 fully saturated rings. The molecule has 0 bridgehead atoms. The lowest BCUT2D eigenvalue weighted by atomic mass is 10.2. The van der Waals surface area contributed by atoms with Crippen molar-refractivity contribution in [2.24, 2.45) is 0 Å². The zero-order chi connectivity index (χ0) is 20.4. The molecule has 0 radical (unpaired) electrons. The van der Waals surface area contributed by atoms with Gasteiger partial charge in [-0.3, -0.25) is 4.90 Å². The summed E-state index contributed by atoms with van der Waals surface area (Å²) in [6.45, 7) is 6.00. The summed E-state index contributed by atoms with van der Waals surface area (Å²) in [4.78, 5) is 25.8. The van der Waals surface area contributed by atoms with Crippen molar-refractivity contribution in [1.29, 1.82) is 5.26 Å². The summed E-state index contributed by atoms with van der Waals surface area (Å²) in [7, 11) is 0. The minimum Gasteiger partial charge on any atom is -0.410 e. The molecular formula is C21H22N4O3. The molecule has 0 saturated heterocycles. The van der Waals surface area contributed by atoms with Gasteiger partial charge in [0, 0.05) is 30.5 Å². The summed E-state index contributed by atoms with van der Waals surface area (Å²) in [5.74, 6) is 0.279. The van der Waals surface area contributed by atoms with Crippen molar-refractivity contribution in [2.45, 2.75) is 13.3 Å². The quantitative estimate of drug-likeness (QED) is 0.705. The fourth-order valence-electron chi connectivity index (χ4n) is 2.42. The van der Waals surface area contributed by atoms with Gasteiger partial charge in [-0.25, -0.2) is 9.59 Å². The van der Waals surface area contributed by atoms with E-state index in [1.54, 1.807) is 36.4 Å². The molecule has 0 aliphatic heterocycles. The minimum atomic E-state index is -0.603. The number of benzene rings is 2. The average molecular weight is 378 g/mol. The number of nitriles is 1. The molecule has 0 unspecified atom stereocenters. The van der Waals surface area contributed by atoms with Gasteiger partial charge in [-0.2, -0.15) is 5.26 Å². The SMILES string of the molecule is C=CCNC(=O)Nc1cccc(OC(=O)N(CCC#N)c2cccc(C)c2)c1. The molecule has 0 aliphatic rings. The lowest BCUT2D eigenvalue weighted by molar-refractivity contribution is 0.207. The first-order valence-corrected chi connectivity index (χ1v) is 8.72. The van der Waals surface area contributed by atoms with Crippen LogP contribution in [0.3, 0.4) is 0 Å². The van der Waals surface area contributed by atoms with Gasteiger partial charge in [0.1, 0.15) is 5.75 Å². The van der Waals surface area contributed by atoms with Gasteiger partial charge < -0.3 is 15.4 Å². The summed E-state index contributed by atoms with van der Waals surface area (Å²) in [6, 6.07) is 15.5. The third-order valence-electron chi connectivity index (χ3n) is 3.68. The van der Waals surface area contributed by atoms with E-state index in [0.29, 0.717) is 17.9 Å². The van der Waals surface area contributed by atoms with Gasteiger partial charge >= 0.3 is 12.1 Å². The Morgan fingerprint density at radius 2 is 2.04 bits per heavy atom. The number of aryl methyl sites for hydroxylation is 1. The predicted molar refractivity (Wildman–Crippen MR) is 108 cm³/mol. The van der Waals surface area contributed by atoms with Crippen molar-refractivity contribution in [3.8, 4) is 11.8 Å². The fourth-order valence-corrected chi connectivity index (χ4v) is 2.42. The average Bonchev–Trinajstić information content (AvgIpc) is 2.67. The molecule has 0 spiro atoms. The van der Waals surface area contributed by atoms with Crippen molar-refractivity contribution in [2.75, 3.05) is 23.3 Å². The molecule has 2 aromatic carbocycles. The third kappa shape index (κ3) is 6.18. The molecule has 0 aromatic heterocycles. The van der Waals surface area contributed by atoms with Crippen molar-refractivity contribution in [3.05, 3.63) is 66.7 Å². The highest BCUT2D eigenvalue weighted by atomic mass is 16.6. The smallest absolute Gasteiger partial charge is 0.410 e. The van der Waals surface area contributed by atoms with Gasteiger partial charge in [-0.15, -0.1) is 6.58 Å². The van der Waals surface area contributed by atoms with E-state index in [9.17, 15) is 9.59 Å². The number of anilines is 2. The third-order valence-corrected chi connectivity index (χ3v) is 3.68. The number of urea groups is 1. The normalized spacial score (nSPS) is 9.71. The molecule has 2 rings (SSSR count). The number of nitrogens with one attached hydrogen (secondary N) is 2. The summed E-state index contributed by atoms with van der Waals surface area (Å²) in [5, 5.41) is 14.1. The summed E-state index contributed by atoms with van der Waals surface area (Å²) in [5.41, 5.74) is 2.12. The van der Waals surface area contributed by atoms with Crippen LogP contribution in [0.1, 0.15) is 12.0 Å². The van der Waals surface area contributed by atoms with Crippen molar-refractivity contribution >= 4 is 23.5 Å². The van der Waals surface area contributed by atoms with Crippen LogP contribution >= 0.6 is 0 Å². The molecule has 2 N–H and O–H groups in total. The van der Waals surface area contributed by atoms with Crippen molar-refractivity contribution < 1.29 is 14.3 Å². The van der Waals surface area contributed by atoms with E-state index >= 15 is 0 Å². The second-order valence-electron chi connectivity index (χ2n) is 5.92. The molecular weight excluding hydrogens is 356 g/mol. The van der Waals surface area contributed by atoms with E-state index in [-0.39, 0.29) is 18.7 Å². The van der Waals surface area contributed by atoms with Gasteiger partial charge in [-0.1, -0.05) is 24.3 Å². The Labute approximate surface area is 164 Å². The van der Waals surface area contributed by atoms with Gasteiger partial charge in [-0.05, 0) is 36.8 Å². The van der Waals surface area contributed by atoms with Crippen molar-refractivity contribution in [1.82, 2.24) is 5.32 Å². The lowest BCUT2D eigenvalue weighted by Gasteiger charge is -2.21. The lowest BCUT2D eigenvalue weighted by Crippen LogP contribution is -2.34. The van der Waals surface area contributed by atoms with E-state index < -0.39 is 12.1 Å². The monoisotopic (exact) mass is 378 g/mol. The Kier molecular flexibility index (Phi) is 7.61. The molecule has 2 aromatic rings. The molecule has 144 valence electrons. The van der Waals surface area contributed by atoms with Gasteiger partial charge in [0.15, 0.2) is 0 Å². The van der Waals surface area contributed by atoms with Gasteiger partial charge in [0.2, 0.25) is 0 Å². The van der Waals surface area contributed by atoms with E-state index in [1.165, 1.54) is 4.90 Å². The summed E-state index contributed by atoms with van der Waals surface area (Å²) in [6.07, 6.45) is 1.14. The number of amides is 3.